The van der Waals surface area contributed by atoms with Gasteiger partial charge < -0.3 is 4.98 Å². The molecule has 4 aromatic rings. The number of nitrogens with one attached hydrogen (secondary N) is 1. The van der Waals surface area contributed by atoms with Crippen LogP contribution in [0.1, 0.15) is 34.9 Å². The van der Waals surface area contributed by atoms with Crippen LogP contribution in [0.15, 0.2) is 66.0 Å². The molecule has 0 bridgehead atoms. The van der Waals surface area contributed by atoms with E-state index in [2.05, 4.69) is 31.9 Å². The van der Waals surface area contributed by atoms with E-state index >= 15 is 0 Å². The largest absolute Gasteiger partial charge is 0.360 e. The first-order chi connectivity index (χ1) is 13.3. The fraction of sp³-hybridized carbons (Fsp3) is 0.190. The lowest BCUT2D eigenvalue weighted by Gasteiger charge is -2.09. The van der Waals surface area contributed by atoms with E-state index in [1.165, 1.54) is 11.8 Å². The van der Waals surface area contributed by atoms with Crippen molar-refractivity contribution in [2.24, 2.45) is 0 Å². The molecule has 0 radical (unpaired) electrons. The Labute approximate surface area is 160 Å². The van der Waals surface area contributed by atoms with Gasteiger partial charge in [-0.2, -0.15) is 0 Å². The van der Waals surface area contributed by atoms with Crippen LogP contribution in [0.5, 0.6) is 0 Å². The van der Waals surface area contributed by atoms with E-state index in [0.717, 1.165) is 46.0 Å². The molecule has 1 saturated carbocycles. The van der Waals surface area contributed by atoms with Crippen molar-refractivity contribution in [2.45, 2.75) is 23.9 Å². The van der Waals surface area contributed by atoms with E-state index in [4.69, 9.17) is 0 Å². The van der Waals surface area contributed by atoms with Gasteiger partial charge in [0, 0.05) is 34.3 Å². The van der Waals surface area contributed by atoms with Crippen molar-refractivity contribution in [1.82, 2.24) is 19.7 Å². The monoisotopic (exact) mass is 374 g/mol. The number of hydrogen-bond donors (Lipinski definition) is 1. The van der Waals surface area contributed by atoms with Crippen LogP contribution in [-0.2, 0) is 0 Å². The second kappa shape index (κ2) is 6.70. The smallest absolute Gasteiger partial charge is 0.196 e. The summed E-state index contributed by atoms with van der Waals surface area (Å²) < 4.78 is 2.10. The molecular formula is C21H18N4OS. The van der Waals surface area contributed by atoms with Crippen LogP contribution < -0.4 is 0 Å². The Morgan fingerprint density at radius 2 is 1.85 bits per heavy atom. The Kier molecular flexibility index (Phi) is 4.05. The number of carbonyl (C=O) groups excluding carboxylic acids is 1. The van der Waals surface area contributed by atoms with Gasteiger partial charge in [0.1, 0.15) is 5.82 Å². The lowest BCUT2D eigenvalue weighted by molar-refractivity contribution is 0.102. The molecule has 0 amide bonds. The normalized spacial score (nSPS) is 13.9. The highest BCUT2D eigenvalue weighted by Gasteiger charge is 2.31. The highest BCUT2D eigenvalue weighted by atomic mass is 32.2. The van der Waals surface area contributed by atoms with Gasteiger partial charge in [0.05, 0.1) is 5.75 Å². The Bertz CT molecular complexity index is 1110. The average Bonchev–Trinajstić information content (AvgIpc) is 3.32. The molecule has 1 fully saturated rings. The van der Waals surface area contributed by atoms with Crippen LogP contribution in [0.4, 0.5) is 0 Å². The fourth-order valence-corrected chi connectivity index (χ4v) is 4.15. The molecule has 0 aliphatic heterocycles. The van der Waals surface area contributed by atoms with Crippen LogP contribution in [0.25, 0.3) is 16.6 Å². The Morgan fingerprint density at radius 1 is 1.07 bits per heavy atom. The number of nitrogens with zero attached hydrogens (tertiary/aromatic N) is 3. The maximum Gasteiger partial charge on any atom is 0.196 e. The van der Waals surface area contributed by atoms with Crippen LogP contribution in [0.3, 0.4) is 0 Å². The number of H-pyrrole nitrogens is 1. The molecule has 2 heterocycles. The number of para-hydroxylation sites is 2. The summed E-state index contributed by atoms with van der Waals surface area (Å²) in [5, 5.41) is 10.5. The maximum absolute atomic E-state index is 12.8. The molecule has 0 unspecified atom stereocenters. The number of hydrogen-bond acceptors (Lipinski definition) is 4. The standard InChI is InChI=1S/C21H18N4OS/c26-19(17-12-22-18-9-5-4-8-16(17)18)13-27-21-24-23-20(14-10-11-14)25(21)15-6-2-1-3-7-15/h1-9,12,14,22H,10-11,13H2. The van der Waals surface area contributed by atoms with Gasteiger partial charge >= 0.3 is 0 Å². The number of rotatable bonds is 6. The van der Waals surface area contributed by atoms with E-state index < -0.39 is 0 Å². The molecule has 0 spiro atoms. The van der Waals surface area contributed by atoms with Crippen molar-refractivity contribution in [3.8, 4) is 5.69 Å². The van der Waals surface area contributed by atoms with Crippen molar-refractivity contribution >= 4 is 28.4 Å². The predicted molar refractivity (Wildman–Crippen MR) is 107 cm³/mol. The molecule has 1 N–H and O–H groups in total. The average molecular weight is 374 g/mol. The van der Waals surface area contributed by atoms with Crippen molar-refractivity contribution < 1.29 is 4.79 Å². The zero-order valence-electron chi connectivity index (χ0n) is 14.6. The van der Waals surface area contributed by atoms with E-state index in [-0.39, 0.29) is 5.78 Å². The number of benzene rings is 2. The molecule has 1 aliphatic rings. The minimum absolute atomic E-state index is 0.0908. The Morgan fingerprint density at radius 3 is 2.67 bits per heavy atom. The van der Waals surface area contributed by atoms with E-state index in [1.807, 2.05) is 42.5 Å². The summed E-state index contributed by atoms with van der Waals surface area (Å²) in [4.78, 5) is 16.0. The summed E-state index contributed by atoms with van der Waals surface area (Å²) >= 11 is 1.45. The quantitative estimate of drug-likeness (QED) is 0.396. The van der Waals surface area contributed by atoms with Gasteiger partial charge in [-0.3, -0.25) is 9.36 Å². The molecule has 6 heteroatoms. The molecule has 134 valence electrons. The van der Waals surface area contributed by atoms with Gasteiger partial charge in [-0.25, -0.2) is 0 Å². The summed E-state index contributed by atoms with van der Waals surface area (Å²) in [6.07, 6.45) is 4.11. The molecule has 5 rings (SSSR count). The summed E-state index contributed by atoms with van der Waals surface area (Å²) in [6.45, 7) is 0. The molecule has 0 atom stereocenters. The number of carbonyl (C=O) groups is 1. The number of fused-ring (bicyclic) bond motifs is 1. The number of aromatic nitrogens is 4. The number of ketones is 1. The number of aromatic amines is 1. The Balaban J connectivity index is 1.42. The zero-order valence-corrected chi connectivity index (χ0v) is 15.4. The molecule has 2 aromatic heterocycles. The van der Waals surface area contributed by atoms with E-state index in [9.17, 15) is 4.79 Å². The highest BCUT2D eigenvalue weighted by Crippen LogP contribution is 2.41. The highest BCUT2D eigenvalue weighted by molar-refractivity contribution is 7.99. The predicted octanol–water partition coefficient (Wildman–Crippen LogP) is 4.60. The molecule has 5 nitrogen and oxygen atoms in total. The molecule has 0 saturated heterocycles. The minimum Gasteiger partial charge on any atom is -0.360 e. The van der Waals surface area contributed by atoms with Crippen molar-refractivity contribution in [3.63, 3.8) is 0 Å². The molecular weight excluding hydrogens is 356 g/mol. The zero-order chi connectivity index (χ0) is 18.2. The van der Waals surface area contributed by atoms with E-state index in [0.29, 0.717) is 11.7 Å². The van der Waals surface area contributed by atoms with Gasteiger partial charge in [-0.1, -0.05) is 48.2 Å². The third kappa shape index (κ3) is 3.06. The lowest BCUT2D eigenvalue weighted by atomic mass is 10.1. The van der Waals surface area contributed by atoms with Crippen LogP contribution in [-0.4, -0.2) is 31.3 Å². The summed E-state index contributed by atoms with van der Waals surface area (Å²) in [5.74, 6) is 1.91. The van der Waals surface area contributed by atoms with Crippen LogP contribution >= 0.6 is 11.8 Å². The molecule has 27 heavy (non-hydrogen) atoms. The van der Waals surface area contributed by atoms with Crippen molar-refractivity contribution in [3.05, 3.63) is 72.2 Å². The van der Waals surface area contributed by atoms with Gasteiger partial charge in [-0.15, -0.1) is 10.2 Å². The van der Waals surface area contributed by atoms with Gasteiger partial charge in [0.15, 0.2) is 10.9 Å². The first kappa shape index (κ1) is 16.3. The molecule has 1 aliphatic carbocycles. The second-order valence-electron chi connectivity index (χ2n) is 6.75. The topological polar surface area (TPSA) is 63.6 Å². The number of Topliss-reactive ketones (excluding diaryl/α,β-unsaturated/α-hetero) is 1. The minimum atomic E-state index is 0.0908. The van der Waals surface area contributed by atoms with Gasteiger partial charge in [-0.05, 0) is 31.0 Å². The van der Waals surface area contributed by atoms with Crippen molar-refractivity contribution in [1.29, 1.82) is 0 Å². The summed E-state index contributed by atoms with van der Waals surface area (Å²) in [5.41, 5.74) is 2.76. The van der Waals surface area contributed by atoms with Crippen LogP contribution in [0.2, 0.25) is 0 Å². The maximum atomic E-state index is 12.8. The third-order valence-electron chi connectivity index (χ3n) is 4.84. The van der Waals surface area contributed by atoms with Crippen LogP contribution in [0, 0.1) is 0 Å². The Hall–Kier alpha value is -2.86. The summed E-state index contributed by atoms with van der Waals surface area (Å²) in [7, 11) is 0. The first-order valence-corrected chi connectivity index (χ1v) is 10.0. The fourth-order valence-electron chi connectivity index (χ4n) is 3.31. The van der Waals surface area contributed by atoms with Gasteiger partial charge in [0.25, 0.3) is 0 Å². The summed E-state index contributed by atoms with van der Waals surface area (Å²) in [6, 6.07) is 18.0. The number of thioether (sulfide) groups is 1. The SMILES string of the molecule is O=C(CSc1nnc(C2CC2)n1-c1ccccc1)c1c[nH]c2ccccc12. The first-order valence-electron chi connectivity index (χ1n) is 9.04. The van der Waals surface area contributed by atoms with Crippen molar-refractivity contribution in [2.75, 3.05) is 5.75 Å². The van der Waals surface area contributed by atoms with Gasteiger partial charge in [0.2, 0.25) is 0 Å². The second-order valence-corrected chi connectivity index (χ2v) is 7.69. The van der Waals surface area contributed by atoms with E-state index in [1.54, 1.807) is 6.20 Å². The lowest BCUT2D eigenvalue weighted by Crippen LogP contribution is -2.05. The molecule has 2 aromatic carbocycles. The third-order valence-corrected chi connectivity index (χ3v) is 5.77.